The van der Waals surface area contributed by atoms with Crippen molar-refractivity contribution in [2.75, 3.05) is 5.88 Å². The number of hydrogen-bond acceptors (Lipinski definition) is 3. The first-order chi connectivity index (χ1) is 9.58. The van der Waals surface area contributed by atoms with Crippen LogP contribution in [0.4, 0.5) is 0 Å². The molecule has 0 aliphatic heterocycles. The standard InChI is InChI=1S/C13H18ClN3O3/c1-3-5-9-16-11(18)15(8-4-2)12(19)17(13(16)20)10-6-7-14/h3-4H,1-2,5-10H2. The van der Waals surface area contributed by atoms with Gasteiger partial charge in [-0.1, -0.05) is 12.2 Å². The van der Waals surface area contributed by atoms with E-state index >= 15 is 0 Å². The van der Waals surface area contributed by atoms with Crippen molar-refractivity contribution in [3.05, 3.63) is 56.8 Å². The van der Waals surface area contributed by atoms with Gasteiger partial charge in [-0.05, 0) is 12.8 Å². The van der Waals surface area contributed by atoms with Crippen LogP contribution in [0, 0.1) is 0 Å². The van der Waals surface area contributed by atoms with E-state index in [1.165, 1.54) is 6.08 Å². The topological polar surface area (TPSA) is 66.0 Å². The van der Waals surface area contributed by atoms with Gasteiger partial charge in [0.25, 0.3) is 0 Å². The third kappa shape index (κ3) is 3.39. The average Bonchev–Trinajstić information content (AvgIpc) is 2.43. The zero-order valence-electron chi connectivity index (χ0n) is 11.3. The Kier molecular flexibility index (Phi) is 6.24. The first kappa shape index (κ1) is 16.2. The second kappa shape index (κ2) is 7.69. The maximum absolute atomic E-state index is 12.2. The minimum absolute atomic E-state index is 0.0624. The molecule has 6 nitrogen and oxygen atoms in total. The Balaban J connectivity index is 3.51. The third-order valence-electron chi connectivity index (χ3n) is 2.77. The van der Waals surface area contributed by atoms with Crippen molar-refractivity contribution >= 4 is 11.6 Å². The van der Waals surface area contributed by atoms with Gasteiger partial charge in [-0.3, -0.25) is 0 Å². The lowest BCUT2D eigenvalue weighted by Gasteiger charge is -2.12. The van der Waals surface area contributed by atoms with Gasteiger partial charge in [0.05, 0.1) is 6.54 Å². The fraction of sp³-hybridized carbons (Fsp3) is 0.462. The third-order valence-corrected chi connectivity index (χ3v) is 3.04. The lowest BCUT2D eigenvalue weighted by Crippen LogP contribution is -2.54. The van der Waals surface area contributed by atoms with Crippen molar-refractivity contribution in [1.82, 2.24) is 13.7 Å². The normalized spacial score (nSPS) is 10.4. The Hall–Kier alpha value is -1.82. The van der Waals surface area contributed by atoms with Crippen molar-refractivity contribution in [2.45, 2.75) is 32.5 Å². The summed E-state index contributed by atoms with van der Waals surface area (Å²) in [7, 11) is 0. The Morgan fingerprint density at radius 1 is 0.900 bits per heavy atom. The summed E-state index contributed by atoms with van der Waals surface area (Å²) in [5, 5.41) is 0. The number of alkyl halides is 1. The number of halogens is 1. The van der Waals surface area contributed by atoms with Gasteiger partial charge in [0.1, 0.15) is 0 Å². The second-order valence-electron chi connectivity index (χ2n) is 4.17. The lowest BCUT2D eigenvalue weighted by molar-refractivity contribution is 0.460. The highest BCUT2D eigenvalue weighted by atomic mass is 35.5. The summed E-state index contributed by atoms with van der Waals surface area (Å²) in [6.07, 6.45) is 4.00. The van der Waals surface area contributed by atoms with Crippen LogP contribution >= 0.6 is 11.6 Å². The molecule has 1 aromatic heterocycles. The molecule has 20 heavy (non-hydrogen) atoms. The van der Waals surface area contributed by atoms with Crippen molar-refractivity contribution < 1.29 is 0 Å². The molecule has 0 unspecified atom stereocenters. The quantitative estimate of drug-likeness (QED) is 0.520. The van der Waals surface area contributed by atoms with Crippen LogP contribution in [-0.4, -0.2) is 19.6 Å². The summed E-state index contributed by atoms with van der Waals surface area (Å²) in [4.78, 5) is 36.5. The molecule has 0 aliphatic rings. The maximum Gasteiger partial charge on any atom is 0.336 e. The molecular formula is C13H18ClN3O3. The van der Waals surface area contributed by atoms with Crippen molar-refractivity contribution in [2.24, 2.45) is 0 Å². The molecule has 0 radical (unpaired) electrons. The minimum Gasteiger partial charge on any atom is -0.247 e. The van der Waals surface area contributed by atoms with E-state index in [0.29, 0.717) is 18.7 Å². The molecule has 0 amide bonds. The van der Waals surface area contributed by atoms with Crippen molar-refractivity contribution in [3.63, 3.8) is 0 Å². The van der Waals surface area contributed by atoms with Crippen molar-refractivity contribution in [3.8, 4) is 0 Å². The highest BCUT2D eigenvalue weighted by Gasteiger charge is 2.13. The van der Waals surface area contributed by atoms with E-state index < -0.39 is 17.1 Å². The number of nitrogens with zero attached hydrogens (tertiary/aromatic N) is 3. The summed E-state index contributed by atoms with van der Waals surface area (Å²) < 4.78 is 3.07. The van der Waals surface area contributed by atoms with Crippen LogP contribution in [0.2, 0.25) is 0 Å². The first-order valence-corrected chi connectivity index (χ1v) is 6.84. The zero-order valence-corrected chi connectivity index (χ0v) is 12.0. The summed E-state index contributed by atoms with van der Waals surface area (Å²) >= 11 is 5.59. The highest BCUT2D eigenvalue weighted by Crippen LogP contribution is 1.88. The summed E-state index contributed by atoms with van der Waals surface area (Å²) in [6.45, 7) is 7.51. The molecule has 0 bridgehead atoms. The van der Waals surface area contributed by atoms with Crippen LogP contribution in [0.15, 0.2) is 39.7 Å². The summed E-state index contributed by atoms with van der Waals surface area (Å²) in [6, 6.07) is 0. The van der Waals surface area contributed by atoms with Gasteiger partial charge in [-0.2, -0.15) is 0 Å². The zero-order chi connectivity index (χ0) is 15.1. The fourth-order valence-electron chi connectivity index (χ4n) is 1.79. The summed E-state index contributed by atoms with van der Waals surface area (Å²) in [5.74, 6) is 0.332. The SMILES string of the molecule is C=CCCn1c(=O)n(CC=C)c(=O)n(CCCCl)c1=O. The van der Waals surface area contributed by atoms with E-state index in [-0.39, 0.29) is 19.6 Å². The molecule has 110 valence electrons. The van der Waals surface area contributed by atoms with Gasteiger partial charge in [0.15, 0.2) is 0 Å². The van der Waals surface area contributed by atoms with Gasteiger partial charge >= 0.3 is 17.1 Å². The molecular weight excluding hydrogens is 282 g/mol. The predicted octanol–water partition coefficient (Wildman–Crippen LogP) is 0.563. The first-order valence-electron chi connectivity index (χ1n) is 6.30. The van der Waals surface area contributed by atoms with Crippen LogP contribution in [0.3, 0.4) is 0 Å². The molecule has 0 spiro atoms. The van der Waals surface area contributed by atoms with E-state index in [0.717, 1.165) is 13.7 Å². The molecule has 0 aromatic carbocycles. The van der Waals surface area contributed by atoms with E-state index in [1.54, 1.807) is 6.08 Å². The predicted molar refractivity (Wildman–Crippen MR) is 79.6 cm³/mol. The fourth-order valence-corrected chi connectivity index (χ4v) is 1.91. The van der Waals surface area contributed by atoms with Gasteiger partial charge < -0.3 is 0 Å². The molecule has 1 aromatic rings. The molecule has 0 saturated heterocycles. The van der Waals surface area contributed by atoms with Gasteiger partial charge in [-0.15, -0.1) is 24.8 Å². The van der Waals surface area contributed by atoms with Crippen LogP contribution < -0.4 is 17.1 Å². The number of allylic oxidation sites excluding steroid dienone is 2. The molecule has 1 heterocycles. The molecule has 1 rings (SSSR count). The smallest absolute Gasteiger partial charge is 0.247 e. The summed E-state index contributed by atoms with van der Waals surface area (Å²) in [5.41, 5.74) is -1.85. The van der Waals surface area contributed by atoms with E-state index in [2.05, 4.69) is 13.2 Å². The molecule has 0 atom stereocenters. The Morgan fingerprint density at radius 2 is 1.45 bits per heavy atom. The Morgan fingerprint density at radius 3 is 1.95 bits per heavy atom. The number of hydrogen-bond donors (Lipinski definition) is 0. The number of rotatable bonds is 8. The van der Waals surface area contributed by atoms with Crippen LogP contribution in [0.5, 0.6) is 0 Å². The highest BCUT2D eigenvalue weighted by molar-refractivity contribution is 6.17. The van der Waals surface area contributed by atoms with E-state index in [9.17, 15) is 14.4 Å². The monoisotopic (exact) mass is 299 g/mol. The maximum atomic E-state index is 12.2. The lowest BCUT2D eigenvalue weighted by atomic mass is 10.4. The number of aromatic nitrogens is 3. The second-order valence-corrected chi connectivity index (χ2v) is 4.55. The molecule has 0 N–H and O–H groups in total. The minimum atomic E-state index is -0.625. The van der Waals surface area contributed by atoms with Gasteiger partial charge in [0.2, 0.25) is 0 Å². The Bertz CT molecular complexity index is 654. The van der Waals surface area contributed by atoms with Crippen LogP contribution in [0.25, 0.3) is 0 Å². The molecule has 7 heteroatoms. The van der Waals surface area contributed by atoms with Gasteiger partial charge in [0, 0.05) is 19.0 Å². The van der Waals surface area contributed by atoms with E-state index in [1.807, 2.05) is 0 Å². The average molecular weight is 300 g/mol. The molecule has 0 saturated carbocycles. The molecule has 0 aliphatic carbocycles. The van der Waals surface area contributed by atoms with Crippen LogP contribution in [-0.2, 0) is 19.6 Å². The largest absolute Gasteiger partial charge is 0.336 e. The molecule has 0 fully saturated rings. The van der Waals surface area contributed by atoms with Crippen LogP contribution in [0.1, 0.15) is 12.8 Å². The van der Waals surface area contributed by atoms with Gasteiger partial charge in [-0.25, -0.2) is 28.1 Å². The van der Waals surface area contributed by atoms with Crippen molar-refractivity contribution in [1.29, 1.82) is 0 Å². The Labute approximate surface area is 121 Å². The van der Waals surface area contributed by atoms with E-state index in [4.69, 9.17) is 11.6 Å².